The number of carbonyl (C=O) groups excluding carboxylic acids is 1. The number of esters is 1. The molecule has 2 aromatic carbocycles. The molecule has 0 radical (unpaired) electrons. The molecule has 3 rings (SSSR count). The molecule has 1 heterocycles. The monoisotopic (exact) mass is 343 g/mol. The van der Waals surface area contributed by atoms with E-state index >= 15 is 0 Å². The first kappa shape index (κ1) is 16.4. The number of benzene rings is 2. The van der Waals surface area contributed by atoms with E-state index in [0.29, 0.717) is 17.0 Å². The van der Waals surface area contributed by atoms with Gasteiger partial charge in [0.2, 0.25) is 0 Å². The highest BCUT2D eigenvalue weighted by Crippen LogP contribution is 2.33. The van der Waals surface area contributed by atoms with Crippen molar-refractivity contribution in [3.8, 4) is 11.4 Å². The number of hydrogen-bond donors (Lipinski definition) is 0. The van der Waals surface area contributed by atoms with Crippen molar-refractivity contribution in [2.24, 2.45) is 0 Å². The number of methoxy groups -OCH3 is 2. The van der Waals surface area contributed by atoms with Gasteiger partial charge in [0.15, 0.2) is 0 Å². The minimum absolute atomic E-state index is 0.190. The van der Waals surface area contributed by atoms with E-state index in [4.69, 9.17) is 21.1 Å². The fourth-order valence-corrected chi connectivity index (χ4v) is 3.15. The summed E-state index contributed by atoms with van der Waals surface area (Å²) in [5.74, 6) is 0.458. The number of rotatable bonds is 4. The van der Waals surface area contributed by atoms with Crippen molar-refractivity contribution in [1.29, 1.82) is 0 Å². The van der Waals surface area contributed by atoms with Crippen molar-refractivity contribution in [2.45, 2.75) is 12.8 Å². The van der Waals surface area contributed by atoms with Crippen LogP contribution >= 0.6 is 11.6 Å². The van der Waals surface area contributed by atoms with Crippen molar-refractivity contribution in [3.05, 3.63) is 59.3 Å². The van der Waals surface area contributed by atoms with Crippen LogP contribution in [0.25, 0.3) is 16.6 Å². The first-order chi connectivity index (χ1) is 11.6. The number of nitrogens with zero attached hydrogens (tertiary/aromatic N) is 1. The van der Waals surface area contributed by atoms with E-state index in [1.807, 2.05) is 54.0 Å². The SMILES string of the molecule is COC(=O)c1c(CCl)n(-c2ccc(C)cc2)c2ccc(OC)cc12. The molecule has 0 bridgehead atoms. The maximum Gasteiger partial charge on any atom is 0.340 e. The standard InChI is InChI=1S/C19H18ClNO3/c1-12-4-6-13(7-5-12)21-16-9-8-14(23-2)10-15(16)18(17(21)11-20)19(22)24-3/h4-10H,11H2,1-3H3. The van der Waals surface area contributed by atoms with E-state index in [1.54, 1.807) is 7.11 Å². The zero-order valence-electron chi connectivity index (χ0n) is 13.8. The van der Waals surface area contributed by atoms with E-state index < -0.39 is 5.97 Å². The molecule has 0 N–H and O–H groups in total. The molecular weight excluding hydrogens is 326 g/mol. The number of hydrogen-bond acceptors (Lipinski definition) is 3. The number of alkyl halides is 1. The van der Waals surface area contributed by atoms with Crippen molar-refractivity contribution in [3.63, 3.8) is 0 Å². The molecule has 0 saturated heterocycles. The van der Waals surface area contributed by atoms with Gasteiger partial charge in [-0.3, -0.25) is 0 Å². The van der Waals surface area contributed by atoms with Crippen LogP contribution in [0.5, 0.6) is 5.75 Å². The molecule has 24 heavy (non-hydrogen) atoms. The normalized spacial score (nSPS) is 10.8. The summed E-state index contributed by atoms with van der Waals surface area (Å²) in [5, 5.41) is 0.762. The van der Waals surface area contributed by atoms with Crippen LogP contribution in [-0.2, 0) is 10.6 Å². The van der Waals surface area contributed by atoms with Gasteiger partial charge in [-0.1, -0.05) is 17.7 Å². The maximum atomic E-state index is 12.4. The number of fused-ring (bicyclic) bond motifs is 1. The largest absolute Gasteiger partial charge is 0.497 e. The van der Waals surface area contributed by atoms with Gasteiger partial charge in [0.25, 0.3) is 0 Å². The lowest BCUT2D eigenvalue weighted by molar-refractivity contribution is 0.0602. The number of ether oxygens (including phenoxy) is 2. The highest BCUT2D eigenvalue weighted by molar-refractivity contribution is 6.19. The fourth-order valence-electron chi connectivity index (χ4n) is 2.90. The fraction of sp³-hybridized carbons (Fsp3) is 0.211. The van der Waals surface area contributed by atoms with Crippen molar-refractivity contribution < 1.29 is 14.3 Å². The molecule has 0 amide bonds. The third-order valence-corrected chi connectivity index (χ3v) is 4.33. The van der Waals surface area contributed by atoms with Gasteiger partial charge >= 0.3 is 5.97 Å². The summed E-state index contributed by atoms with van der Waals surface area (Å²) in [5.41, 5.74) is 4.17. The maximum absolute atomic E-state index is 12.4. The quantitative estimate of drug-likeness (QED) is 0.518. The highest BCUT2D eigenvalue weighted by Gasteiger charge is 2.23. The second-order valence-electron chi connectivity index (χ2n) is 5.50. The first-order valence-electron chi connectivity index (χ1n) is 7.53. The molecular formula is C19H18ClNO3. The molecule has 3 aromatic rings. The Bertz CT molecular complexity index is 897. The predicted molar refractivity (Wildman–Crippen MR) is 95.5 cm³/mol. The lowest BCUT2D eigenvalue weighted by atomic mass is 10.1. The van der Waals surface area contributed by atoms with E-state index in [2.05, 4.69) is 0 Å². The van der Waals surface area contributed by atoms with Crippen LogP contribution in [0.4, 0.5) is 0 Å². The second kappa shape index (κ2) is 6.57. The van der Waals surface area contributed by atoms with Gasteiger partial charge in [-0.25, -0.2) is 4.79 Å². The van der Waals surface area contributed by atoms with Gasteiger partial charge in [0.05, 0.1) is 36.9 Å². The average Bonchev–Trinajstić information content (AvgIpc) is 2.95. The molecule has 0 aliphatic heterocycles. The summed E-state index contributed by atoms with van der Waals surface area (Å²) in [6, 6.07) is 13.7. The number of carbonyl (C=O) groups is 1. The molecule has 124 valence electrons. The zero-order valence-corrected chi connectivity index (χ0v) is 14.6. The summed E-state index contributed by atoms with van der Waals surface area (Å²) in [6.07, 6.45) is 0. The highest BCUT2D eigenvalue weighted by atomic mass is 35.5. The summed E-state index contributed by atoms with van der Waals surface area (Å²) in [7, 11) is 2.97. The van der Waals surface area contributed by atoms with Gasteiger partial charge < -0.3 is 14.0 Å². The molecule has 4 nitrogen and oxygen atoms in total. The third-order valence-electron chi connectivity index (χ3n) is 4.08. The summed E-state index contributed by atoms with van der Waals surface area (Å²) >= 11 is 6.20. The Morgan fingerprint density at radius 3 is 2.42 bits per heavy atom. The molecule has 0 unspecified atom stereocenters. The van der Waals surface area contributed by atoms with Crippen LogP contribution in [0, 0.1) is 6.92 Å². The lowest BCUT2D eigenvalue weighted by Crippen LogP contribution is -2.06. The van der Waals surface area contributed by atoms with Crippen LogP contribution in [0.2, 0.25) is 0 Å². The van der Waals surface area contributed by atoms with Crippen LogP contribution in [-0.4, -0.2) is 24.8 Å². The minimum atomic E-state index is -0.408. The first-order valence-corrected chi connectivity index (χ1v) is 8.06. The third kappa shape index (κ3) is 2.63. The molecule has 0 atom stereocenters. The van der Waals surface area contributed by atoms with Crippen LogP contribution < -0.4 is 4.74 Å². The summed E-state index contributed by atoms with van der Waals surface area (Å²) < 4.78 is 12.3. The molecule has 0 aliphatic rings. The van der Waals surface area contributed by atoms with Crippen molar-refractivity contribution in [2.75, 3.05) is 14.2 Å². The Labute approximate surface area is 145 Å². The summed E-state index contributed by atoms with van der Waals surface area (Å²) in [6.45, 7) is 2.03. The molecule has 5 heteroatoms. The van der Waals surface area contributed by atoms with E-state index in [-0.39, 0.29) is 5.88 Å². The minimum Gasteiger partial charge on any atom is -0.497 e. The Balaban J connectivity index is 2.39. The van der Waals surface area contributed by atoms with Crippen molar-refractivity contribution >= 4 is 28.5 Å². The molecule has 0 spiro atoms. The number of aryl methyl sites for hydroxylation is 1. The van der Waals surface area contributed by atoms with Gasteiger partial charge in [0.1, 0.15) is 5.75 Å². The summed E-state index contributed by atoms with van der Waals surface area (Å²) in [4.78, 5) is 12.4. The Morgan fingerprint density at radius 1 is 1.12 bits per heavy atom. The topological polar surface area (TPSA) is 40.5 Å². The lowest BCUT2D eigenvalue weighted by Gasteiger charge is -2.10. The number of aromatic nitrogens is 1. The van der Waals surface area contributed by atoms with E-state index in [9.17, 15) is 4.79 Å². The van der Waals surface area contributed by atoms with Crippen LogP contribution in [0.1, 0.15) is 21.6 Å². The van der Waals surface area contributed by atoms with Gasteiger partial charge in [0, 0.05) is 11.1 Å². The smallest absolute Gasteiger partial charge is 0.340 e. The predicted octanol–water partition coefficient (Wildman–Crippen LogP) is 4.47. The average molecular weight is 344 g/mol. The molecule has 0 saturated carbocycles. The number of halogens is 1. The van der Waals surface area contributed by atoms with E-state index in [1.165, 1.54) is 7.11 Å². The Hall–Kier alpha value is -2.46. The molecule has 0 aliphatic carbocycles. The zero-order chi connectivity index (χ0) is 17.3. The van der Waals surface area contributed by atoms with Gasteiger partial charge in [-0.05, 0) is 37.3 Å². The Morgan fingerprint density at radius 2 is 1.83 bits per heavy atom. The van der Waals surface area contributed by atoms with Crippen LogP contribution in [0.3, 0.4) is 0 Å². The van der Waals surface area contributed by atoms with Gasteiger partial charge in [-0.2, -0.15) is 0 Å². The molecule has 1 aromatic heterocycles. The van der Waals surface area contributed by atoms with Gasteiger partial charge in [-0.15, -0.1) is 11.6 Å². The Kier molecular flexibility index (Phi) is 4.49. The van der Waals surface area contributed by atoms with Crippen LogP contribution in [0.15, 0.2) is 42.5 Å². The molecule has 0 fully saturated rings. The second-order valence-corrected chi connectivity index (χ2v) is 5.77. The van der Waals surface area contributed by atoms with E-state index in [0.717, 1.165) is 22.2 Å². The van der Waals surface area contributed by atoms with Crippen molar-refractivity contribution in [1.82, 2.24) is 4.57 Å².